The first kappa shape index (κ1) is 14.9. The molecule has 0 aromatic carbocycles. The van der Waals surface area contributed by atoms with Gasteiger partial charge < -0.3 is 5.32 Å². The average Bonchev–Trinajstić information content (AvgIpc) is 2.00. The predicted molar refractivity (Wildman–Crippen MR) is 65.8 cm³/mol. The summed E-state index contributed by atoms with van der Waals surface area (Å²) in [5, 5.41) is 3.44. The van der Waals surface area contributed by atoms with Gasteiger partial charge in [0.05, 0.1) is 0 Å². The fraction of sp³-hybridized carbons (Fsp3) is 1.00. The minimum absolute atomic E-state index is 0.311. The van der Waals surface area contributed by atoms with Crippen molar-refractivity contribution in [2.24, 2.45) is 5.92 Å². The van der Waals surface area contributed by atoms with Crippen molar-refractivity contribution in [3.8, 4) is 0 Å². The van der Waals surface area contributed by atoms with Gasteiger partial charge in [-0.2, -0.15) is 0 Å². The van der Waals surface area contributed by atoms with Crippen molar-refractivity contribution in [3.63, 3.8) is 0 Å². The first-order chi connectivity index (χ1) is 6.72. The summed E-state index contributed by atoms with van der Waals surface area (Å²) < 4.78 is 21.9. The maximum atomic E-state index is 10.9. The maximum Gasteiger partial charge on any atom is 0.147 e. The summed E-state index contributed by atoms with van der Waals surface area (Å²) >= 11 is 0. The molecule has 2 unspecified atom stereocenters. The molecule has 3 nitrogen and oxygen atoms in total. The highest BCUT2D eigenvalue weighted by molar-refractivity contribution is 7.90. The summed E-state index contributed by atoms with van der Waals surface area (Å²) in [6, 6.07) is 0.932. The van der Waals surface area contributed by atoms with Crippen LogP contribution < -0.4 is 5.32 Å². The van der Waals surface area contributed by atoms with E-state index in [-0.39, 0.29) is 0 Å². The Labute approximate surface area is 94.6 Å². The number of nitrogens with one attached hydrogen (secondary N) is 1. The van der Waals surface area contributed by atoms with Crippen molar-refractivity contribution in [1.82, 2.24) is 5.32 Å². The second-order valence-electron chi connectivity index (χ2n) is 4.86. The summed E-state index contributed by atoms with van der Waals surface area (Å²) in [6.07, 6.45) is 3.03. The Morgan fingerprint density at radius 1 is 1.13 bits per heavy atom. The van der Waals surface area contributed by atoms with Crippen LogP contribution in [0.5, 0.6) is 0 Å². The third-order valence-corrected chi connectivity index (χ3v) is 3.65. The Morgan fingerprint density at radius 2 is 1.67 bits per heavy atom. The summed E-state index contributed by atoms with van der Waals surface area (Å²) in [6.45, 7) is 8.58. The zero-order chi connectivity index (χ0) is 12.1. The minimum Gasteiger partial charge on any atom is -0.312 e. The molecule has 0 saturated carbocycles. The van der Waals surface area contributed by atoms with E-state index in [1.165, 1.54) is 6.26 Å². The van der Waals surface area contributed by atoms with Gasteiger partial charge in [0.2, 0.25) is 0 Å². The number of hydrogen-bond donors (Lipinski definition) is 1. The molecule has 0 amide bonds. The van der Waals surface area contributed by atoms with Crippen LogP contribution in [0.3, 0.4) is 0 Å². The van der Waals surface area contributed by atoms with E-state index in [0.717, 1.165) is 12.8 Å². The molecule has 0 radical (unpaired) electrons. The van der Waals surface area contributed by atoms with Gasteiger partial charge in [-0.05, 0) is 25.7 Å². The van der Waals surface area contributed by atoms with Crippen LogP contribution in [-0.4, -0.2) is 32.5 Å². The lowest BCUT2D eigenvalue weighted by Gasteiger charge is -2.23. The molecular formula is C11H25NO2S. The van der Waals surface area contributed by atoms with Gasteiger partial charge in [0.25, 0.3) is 0 Å². The first-order valence-corrected chi connectivity index (χ1v) is 7.72. The monoisotopic (exact) mass is 235 g/mol. The van der Waals surface area contributed by atoms with Gasteiger partial charge in [-0.25, -0.2) is 8.42 Å². The summed E-state index contributed by atoms with van der Waals surface area (Å²) in [5.74, 6) is 0.834. The van der Waals surface area contributed by atoms with Crippen LogP contribution in [0, 0.1) is 5.92 Å². The summed E-state index contributed by atoms with van der Waals surface area (Å²) in [5.41, 5.74) is 0. The molecular weight excluding hydrogens is 210 g/mol. The molecule has 1 N–H and O–H groups in total. The van der Waals surface area contributed by atoms with E-state index in [2.05, 4.69) is 33.0 Å². The largest absolute Gasteiger partial charge is 0.312 e. The van der Waals surface area contributed by atoms with Crippen molar-refractivity contribution in [3.05, 3.63) is 0 Å². The van der Waals surface area contributed by atoms with E-state index >= 15 is 0 Å². The second kappa shape index (κ2) is 6.48. The van der Waals surface area contributed by atoms with E-state index in [9.17, 15) is 8.42 Å². The van der Waals surface area contributed by atoms with Gasteiger partial charge in [-0.15, -0.1) is 0 Å². The number of hydrogen-bond acceptors (Lipinski definition) is 3. The Kier molecular flexibility index (Phi) is 6.44. The minimum atomic E-state index is -2.79. The normalized spacial score (nSPS) is 16.7. The fourth-order valence-corrected chi connectivity index (χ4v) is 2.30. The molecule has 0 aromatic rings. The highest BCUT2D eigenvalue weighted by atomic mass is 32.2. The third kappa shape index (κ3) is 8.88. The van der Waals surface area contributed by atoms with E-state index in [1.807, 2.05) is 0 Å². The average molecular weight is 235 g/mol. The second-order valence-corrected chi connectivity index (χ2v) is 7.12. The molecule has 0 spiro atoms. The molecule has 0 saturated heterocycles. The Morgan fingerprint density at radius 3 is 2.07 bits per heavy atom. The van der Waals surface area contributed by atoms with E-state index in [4.69, 9.17) is 0 Å². The molecule has 0 aliphatic rings. The molecule has 0 bridgehead atoms. The van der Waals surface area contributed by atoms with E-state index < -0.39 is 9.84 Å². The van der Waals surface area contributed by atoms with Gasteiger partial charge in [-0.1, -0.05) is 20.8 Å². The molecule has 92 valence electrons. The van der Waals surface area contributed by atoms with Crippen LogP contribution in [0.4, 0.5) is 0 Å². The van der Waals surface area contributed by atoms with Crippen molar-refractivity contribution in [1.29, 1.82) is 0 Å². The zero-order valence-electron chi connectivity index (χ0n) is 10.6. The van der Waals surface area contributed by atoms with Crippen LogP contribution in [0.1, 0.15) is 40.5 Å². The smallest absolute Gasteiger partial charge is 0.147 e. The number of rotatable bonds is 7. The van der Waals surface area contributed by atoms with Crippen molar-refractivity contribution in [2.45, 2.75) is 52.6 Å². The molecule has 15 heavy (non-hydrogen) atoms. The SMILES string of the molecule is CC(C)NC(C)C(C)CCCS(C)(=O)=O. The highest BCUT2D eigenvalue weighted by Gasteiger charge is 2.13. The lowest BCUT2D eigenvalue weighted by Crippen LogP contribution is -2.37. The molecule has 4 heteroatoms. The lowest BCUT2D eigenvalue weighted by atomic mass is 9.98. The topological polar surface area (TPSA) is 46.2 Å². The van der Waals surface area contributed by atoms with Crippen molar-refractivity contribution < 1.29 is 8.42 Å². The molecule has 2 atom stereocenters. The van der Waals surface area contributed by atoms with Crippen LogP contribution in [0.15, 0.2) is 0 Å². The van der Waals surface area contributed by atoms with E-state index in [1.54, 1.807) is 0 Å². The quantitative estimate of drug-likeness (QED) is 0.732. The van der Waals surface area contributed by atoms with Gasteiger partial charge in [0, 0.05) is 24.1 Å². The van der Waals surface area contributed by atoms with Gasteiger partial charge in [0.15, 0.2) is 0 Å². The zero-order valence-corrected chi connectivity index (χ0v) is 11.4. The van der Waals surface area contributed by atoms with Crippen LogP contribution in [-0.2, 0) is 9.84 Å². The third-order valence-electron chi connectivity index (χ3n) is 2.62. The fourth-order valence-electron chi connectivity index (χ4n) is 1.61. The van der Waals surface area contributed by atoms with Crippen LogP contribution in [0.2, 0.25) is 0 Å². The van der Waals surface area contributed by atoms with Crippen molar-refractivity contribution >= 4 is 9.84 Å². The molecule has 0 aliphatic carbocycles. The van der Waals surface area contributed by atoms with Gasteiger partial charge >= 0.3 is 0 Å². The Hall–Kier alpha value is -0.0900. The van der Waals surface area contributed by atoms with Crippen molar-refractivity contribution in [2.75, 3.05) is 12.0 Å². The molecule has 0 aromatic heterocycles. The predicted octanol–water partition coefficient (Wildman–Crippen LogP) is 1.83. The maximum absolute atomic E-state index is 10.9. The lowest BCUT2D eigenvalue weighted by molar-refractivity contribution is 0.354. The Balaban J connectivity index is 3.78. The first-order valence-electron chi connectivity index (χ1n) is 5.66. The molecule has 0 aliphatic heterocycles. The summed E-state index contributed by atoms with van der Waals surface area (Å²) in [7, 11) is -2.79. The van der Waals surface area contributed by atoms with Crippen LogP contribution in [0.25, 0.3) is 0 Å². The number of sulfone groups is 1. The molecule has 0 fully saturated rings. The van der Waals surface area contributed by atoms with Gasteiger partial charge in [0.1, 0.15) is 9.84 Å². The molecule has 0 rings (SSSR count). The van der Waals surface area contributed by atoms with E-state index in [0.29, 0.717) is 23.8 Å². The standard InChI is InChI=1S/C11H25NO2S/c1-9(2)12-11(4)10(3)7-6-8-15(5,13)14/h9-12H,6-8H2,1-5H3. The van der Waals surface area contributed by atoms with Gasteiger partial charge in [-0.3, -0.25) is 0 Å². The summed E-state index contributed by atoms with van der Waals surface area (Å²) in [4.78, 5) is 0. The highest BCUT2D eigenvalue weighted by Crippen LogP contribution is 2.11. The molecule has 0 heterocycles. The Bertz CT molecular complexity index is 260. The van der Waals surface area contributed by atoms with Crippen LogP contribution >= 0.6 is 0 Å².